The van der Waals surface area contributed by atoms with E-state index in [1.165, 1.54) is 0 Å². The summed E-state index contributed by atoms with van der Waals surface area (Å²) in [5, 5.41) is 2.92. The van der Waals surface area contributed by atoms with Crippen LogP contribution in [0.25, 0.3) is 0 Å². The van der Waals surface area contributed by atoms with Gasteiger partial charge in [0.1, 0.15) is 12.1 Å². The molecule has 3 unspecified atom stereocenters. The molecule has 4 amide bonds. The highest BCUT2D eigenvalue weighted by molar-refractivity contribution is 6.09. The van der Waals surface area contributed by atoms with E-state index in [9.17, 15) is 14.4 Å². The molecule has 3 rings (SSSR count). The molecule has 1 spiro atoms. The van der Waals surface area contributed by atoms with E-state index in [1.807, 2.05) is 0 Å². The Morgan fingerprint density at radius 3 is 2.68 bits per heavy atom. The van der Waals surface area contributed by atoms with Gasteiger partial charge in [-0.3, -0.25) is 14.5 Å². The highest BCUT2D eigenvalue weighted by atomic mass is 16.2. The molecule has 0 radical (unpaired) electrons. The summed E-state index contributed by atoms with van der Waals surface area (Å²) in [5.41, 5.74) is 4.86. The van der Waals surface area contributed by atoms with Gasteiger partial charge in [-0.15, -0.1) is 0 Å². The van der Waals surface area contributed by atoms with Crippen LogP contribution in [0.5, 0.6) is 0 Å². The Hall–Kier alpha value is -1.63. The smallest absolute Gasteiger partial charge is 0.325 e. The summed E-state index contributed by atoms with van der Waals surface area (Å²) < 4.78 is 0. The zero-order chi connectivity index (χ0) is 18.4. The van der Waals surface area contributed by atoms with Gasteiger partial charge in [-0.25, -0.2) is 4.79 Å². The number of amides is 4. The van der Waals surface area contributed by atoms with Crippen LogP contribution in [0.1, 0.15) is 52.9 Å². The lowest BCUT2D eigenvalue weighted by molar-refractivity contribution is -0.141. The van der Waals surface area contributed by atoms with Gasteiger partial charge in [0.25, 0.3) is 5.91 Å². The summed E-state index contributed by atoms with van der Waals surface area (Å²) in [6.07, 6.45) is 4.10. The van der Waals surface area contributed by atoms with E-state index in [1.54, 1.807) is 4.90 Å². The lowest BCUT2D eigenvalue weighted by Gasteiger charge is -2.43. The van der Waals surface area contributed by atoms with Crippen molar-refractivity contribution in [3.05, 3.63) is 0 Å². The SMILES string of the molecule is CC1CC(C)(C)CC2(C1)NC(=O)N(CC(=O)N1CCCC1CN)C2=O. The number of carbonyl (C=O) groups is 3. The molecular weight excluding hydrogens is 320 g/mol. The van der Waals surface area contributed by atoms with Crippen LogP contribution in [0.2, 0.25) is 0 Å². The van der Waals surface area contributed by atoms with Crippen molar-refractivity contribution < 1.29 is 14.4 Å². The fraction of sp³-hybridized carbons (Fsp3) is 0.833. The van der Waals surface area contributed by atoms with Crippen LogP contribution >= 0.6 is 0 Å². The average molecular weight is 350 g/mol. The van der Waals surface area contributed by atoms with E-state index in [2.05, 4.69) is 26.1 Å². The second-order valence-corrected chi connectivity index (χ2v) is 8.88. The normalized spacial score (nSPS) is 34.7. The summed E-state index contributed by atoms with van der Waals surface area (Å²) in [4.78, 5) is 41.0. The number of imide groups is 1. The number of carbonyl (C=O) groups excluding carboxylic acids is 3. The lowest BCUT2D eigenvalue weighted by Crippen LogP contribution is -2.54. The maximum atomic E-state index is 13.1. The van der Waals surface area contributed by atoms with Gasteiger partial charge in [0, 0.05) is 19.1 Å². The summed E-state index contributed by atoms with van der Waals surface area (Å²) >= 11 is 0. The second-order valence-electron chi connectivity index (χ2n) is 8.88. The molecule has 0 bridgehead atoms. The van der Waals surface area contributed by atoms with Crippen molar-refractivity contribution in [3.8, 4) is 0 Å². The number of urea groups is 1. The van der Waals surface area contributed by atoms with Crippen LogP contribution in [0.4, 0.5) is 4.79 Å². The van der Waals surface area contributed by atoms with Crippen LogP contribution in [-0.2, 0) is 9.59 Å². The molecule has 25 heavy (non-hydrogen) atoms. The van der Waals surface area contributed by atoms with Crippen molar-refractivity contribution in [2.45, 2.75) is 64.5 Å². The molecule has 3 aliphatic rings. The Balaban J connectivity index is 1.74. The van der Waals surface area contributed by atoms with Crippen molar-refractivity contribution in [1.29, 1.82) is 0 Å². The minimum Gasteiger partial charge on any atom is -0.337 e. The molecule has 3 fully saturated rings. The van der Waals surface area contributed by atoms with E-state index in [-0.39, 0.29) is 29.8 Å². The minimum absolute atomic E-state index is 0.0137. The fourth-order valence-electron chi connectivity index (χ4n) is 5.28. The summed E-state index contributed by atoms with van der Waals surface area (Å²) in [6, 6.07) is -0.414. The van der Waals surface area contributed by atoms with Crippen molar-refractivity contribution in [2.24, 2.45) is 17.1 Å². The topological polar surface area (TPSA) is 95.7 Å². The Labute approximate surface area is 149 Å². The molecule has 2 aliphatic heterocycles. The number of hydrogen-bond donors (Lipinski definition) is 2. The zero-order valence-electron chi connectivity index (χ0n) is 15.5. The lowest BCUT2D eigenvalue weighted by atomic mass is 9.64. The molecule has 0 aromatic carbocycles. The third-order valence-electron chi connectivity index (χ3n) is 5.89. The molecule has 0 aromatic rings. The minimum atomic E-state index is -0.850. The monoisotopic (exact) mass is 350 g/mol. The third-order valence-corrected chi connectivity index (χ3v) is 5.89. The molecule has 7 nitrogen and oxygen atoms in total. The number of nitrogens with two attached hydrogens (primary N) is 1. The maximum absolute atomic E-state index is 13.1. The highest BCUT2D eigenvalue weighted by Gasteiger charge is 2.56. The first kappa shape index (κ1) is 18.2. The molecule has 2 saturated heterocycles. The van der Waals surface area contributed by atoms with Gasteiger partial charge in [0.15, 0.2) is 0 Å². The Morgan fingerprint density at radius 2 is 2.04 bits per heavy atom. The first-order valence-corrected chi connectivity index (χ1v) is 9.31. The molecule has 3 N–H and O–H groups in total. The second kappa shape index (κ2) is 6.27. The van der Waals surface area contributed by atoms with Gasteiger partial charge in [-0.1, -0.05) is 20.8 Å². The van der Waals surface area contributed by atoms with E-state index in [0.29, 0.717) is 31.8 Å². The van der Waals surface area contributed by atoms with E-state index >= 15 is 0 Å². The van der Waals surface area contributed by atoms with Crippen molar-refractivity contribution in [1.82, 2.24) is 15.1 Å². The Morgan fingerprint density at radius 1 is 1.32 bits per heavy atom. The quantitative estimate of drug-likeness (QED) is 0.744. The van der Waals surface area contributed by atoms with Crippen molar-refractivity contribution >= 4 is 17.8 Å². The van der Waals surface area contributed by atoms with E-state index in [0.717, 1.165) is 24.2 Å². The number of rotatable bonds is 3. The van der Waals surface area contributed by atoms with Crippen LogP contribution < -0.4 is 11.1 Å². The van der Waals surface area contributed by atoms with Crippen molar-refractivity contribution in [3.63, 3.8) is 0 Å². The number of hydrogen-bond acceptors (Lipinski definition) is 4. The van der Waals surface area contributed by atoms with Crippen LogP contribution in [0.15, 0.2) is 0 Å². The number of nitrogens with one attached hydrogen (secondary N) is 1. The first-order valence-electron chi connectivity index (χ1n) is 9.31. The zero-order valence-corrected chi connectivity index (χ0v) is 15.5. The van der Waals surface area contributed by atoms with Crippen LogP contribution in [0, 0.1) is 11.3 Å². The summed E-state index contributed by atoms with van der Waals surface area (Å²) in [6.45, 7) is 7.27. The molecule has 3 atom stereocenters. The molecule has 2 heterocycles. The van der Waals surface area contributed by atoms with Crippen LogP contribution in [-0.4, -0.2) is 58.9 Å². The number of likely N-dealkylation sites (tertiary alicyclic amines) is 1. The predicted molar refractivity (Wildman–Crippen MR) is 93.6 cm³/mol. The van der Waals surface area contributed by atoms with E-state index < -0.39 is 11.6 Å². The third kappa shape index (κ3) is 3.26. The maximum Gasteiger partial charge on any atom is 0.325 e. The highest BCUT2D eigenvalue weighted by Crippen LogP contribution is 2.46. The Kier molecular flexibility index (Phi) is 4.56. The summed E-state index contributed by atoms with van der Waals surface area (Å²) in [7, 11) is 0. The van der Waals surface area contributed by atoms with Gasteiger partial charge in [0.2, 0.25) is 5.91 Å². The van der Waals surface area contributed by atoms with Crippen LogP contribution in [0.3, 0.4) is 0 Å². The first-order chi connectivity index (χ1) is 11.7. The Bertz CT molecular complexity index is 591. The van der Waals surface area contributed by atoms with E-state index in [4.69, 9.17) is 5.73 Å². The molecule has 7 heteroatoms. The molecular formula is C18H30N4O3. The summed E-state index contributed by atoms with van der Waals surface area (Å²) in [5.74, 6) is -0.0746. The standard InChI is InChI=1S/C18H30N4O3/c1-12-7-17(2,3)11-18(8-12)15(24)22(16(25)20-18)10-14(23)21-6-4-5-13(21)9-19/h12-13H,4-11,19H2,1-3H3,(H,20,25). The fourth-order valence-corrected chi connectivity index (χ4v) is 5.28. The molecule has 0 aromatic heterocycles. The van der Waals surface area contributed by atoms with Gasteiger partial charge < -0.3 is 16.0 Å². The molecule has 1 aliphatic carbocycles. The van der Waals surface area contributed by atoms with Gasteiger partial charge in [-0.05, 0) is 43.4 Å². The van der Waals surface area contributed by atoms with Gasteiger partial charge >= 0.3 is 6.03 Å². The molecule has 1 saturated carbocycles. The largest absolute Gasteiger partial charge is 0.337 e. The van der Waals surface area contributed by atoms with Gasteiger partial charge in [-0.2, -0.15) is 0 Å². The average Bonchev–Trinajstić information content (AvgIpc) is 3.04. The van der Waals surface area contributed by atoms with Gasteiger partial charge in [0.05, 0.1) is 0 Å². The number of nitrogens with zero attached hydrogens (tertiary/aromatic N) is 2. The predicted octanol–water partition coefficient (Wildman–Crippen LogP) is 1.07. The molecule has 140 valence electrons. The van der Waals surface area contributed by atoms with Crippen molar-refractivity contribution in [2.75, 3.05) is 19.6 Å².